The number of benzene rings is 2. The molecule has 4 rings (SSSR count). The summed E-state index contributed by atoms with van der Waals surface area (Å²) in [7, 11) is 0. The van der Waals surface area contributed by atoms with Gasteiger partial charge in [-0.1, -0.05) is 48.5 Å². The number of hydrogen-bond donors (Lipinski definition) is 4. The van der Waals surface area contributed by atoms with Gasteiger partial charge in [0.25, 0.3) is 5.91 Å². The molecule has 1 heterocycles. The van der Waals surface area contributed by atoms with Crippen LogP contribution in [0.1, 0.15) is 43.8 Å². The van der Waals surface area contributed by atoms with E-state index in [2.05, 4.69) is 27.8 Å². The number of carbonyl (C=O) groups excluding carboxylic acids is 2. The Morgan fingerprint density at radius 3 is 2.31 bits per heavy atom. The fraction of sp³-hybridized carbons (Fsp3) is 0.280. The van der Waals surface area contributed by atoms with E-state index in [4.69, 9.17) is 9.84 Å². The average molecular weight is 496 g/mol. The van der Waals surface area contributed by atoms with Crippen molar-refractivity contribution in [1.29, 1.82) is 0 Å². The molecule has 10 heteroatoms. The number of nitrogens with one attached hydrogen (secondary N) is 2. The molecule has 1 aliphatic carbocycles. The Bertz CT molecular complexity index is 1210. The minimum atomic E-state index is -1.19. The molecule has 0 fully saturated rings. The number of carbonyl (C=O) groups is 3. The summed E-state index contributed by atoms with van der Waals surface area (Å²) < 4.78 is 5.51. The van der Waals surface area contributed by atoms with Gasteiger partial charge in [-0.15, -0.1) is 11.3 Å². The van der Waals surface area contributed by atoms with Gasteiger partial charge in [-0.05, 0) is 29.2 Å². The monoisotopic (exact) mass is 495 g/mol. The number of thiazole rings is 1. The Kier molecular flexibility index (Phi) is 7.42. The number of aliphatic hydroxyl groups excluding tert-OH is 1. The lowest BCUT2D eigenvalue weighted by Crippen LogP contribution is -2.33. The molecule has 2 amide bonds. The highest BCUT2D eigenvalue weighted by Gasteiger charge is 2.29. The topological polar surface area (TPSA) is 138 Å². The van der Waals surface area contributed by atoms with Crippen molar-refractivity contribution in [2.45, 2.75) is 31.9 Å². The summed E-state index contributed by atoms with van der Waals surface area (Å²) in [5.41, 5.74) is 4.72. The molecule has 0 spiro atoms. The van der Waals surface area contributed by atoms with Crippen molar-refractivity contribution in [3.63, 3.8) is 0 Å². The number of ether oxygens (including phenoxy) is 1. The molecule has 1 aliphatic rings. The van der Waals surface area contributed by atoms with E-state index >= 15 is 0 Å². The van der Waals surface area contributed by atoms with Gasteiger partial charge in [-0.25, -0.2) is 9.78 Å². The zero-order valence-electron chi connectivity index (χ0n) is 19.0. The Labute approximate surface area is 205 Å². The van der Waals surface area contributed by atoms with Gasteiger partial charge in [-0.2, -0.15) is 0 Å². The van der Waals surface area contributed by atoms with Crippen molar-refractivity contribution in [2.24, 2.45) is 0 Å². The minimum absolute atomic E-state index is 0.0398. The third-order valence-corrected chi connectivity index (χ3v) is 6.66. The van der Waals surface area contributed by atoms with E-state index in [0.29, 0.717) is 9.88 Å². The molecule has 0 saturated carbocycles. The third-order valence-electron chi connectivity index (χ3n) is 5.69. The second kappa shape index (κ2) is 10.7. The van der Waals surface area contributed by atoms with Crippen LogP contribution in [0.2, 0.25) is 0 Å². The minimum Gasteiger partial charge on any atom is -0.481 e. The Morgan fingerprint density at radius 1 is 1.06 bits per heavy atom. The first kappa shape index (κ1) is 24.4. The maximum atomic E-state index is 12.4. The van der Waals surface area contributed by atoms with Gasteiger partial charge in [-0.3, -0.25) is 9.59 Å². The second-order valence-electron chi connectivity index (χ2n) is 8.15. The first-order valence-corrected chi connectivity index (χ1v) is 11.9. The number of aryl methyl sites for hydroxylation is 1. The summed E-state index contributed by atoms with van der Waals surface area (Å²) in [6, 6.07) is 16.2. The van der Waals surface area contributed by atoms with Crippen LogP contribution in [0.25, 0.3) is 11.1 Å². The van der Waals surface area contributed by atoms with Crippen LogP contribution in [-0.4, -0.2) is 52.4 Å². The second-order valence-corrected chi connectivity index (χ2v) is 9.44. The third kappa shape index (κ3) is 5.67. The predicted molar refractivity (Wildman–Crippen MR) is 129 cm³/mol. The van der Waals surface area contributed by atoms with E-state index in [-0.39, 0.29) is 31.3 Å². The Balaban J connectivity index is 1.30. The number of carboxylic acids is 1. The van der Waals surface area contributed by atoms with Crippen molar-refractivity contribution >= 4 is 29.3 Å². The fourth-order valence-electron chi connectivity index (χ4n) is 4.10. The fourth-order valence-corrected chi connectivity index (χ4v) is 4.97. The molecule has 9 nitrogen and oxygen atoms in total. The van der Waals surface area contributed by atoms with Gasteiger partial charge in [0, 0.05) is 17.3 Å². The highest BCUT2D eigenvalue weighted by molar-refractivity contribution is 7.11. The maximum absolute atomic E-state index is 12.4. The summed E-state index contributed by atoms with van der Waals surface area (Å²) >= 11 is 1.26. The normalized spacial score (nSPS) is 13.0. The van der Waals surface area contributed by atoms with E-state index in [1.807, 2.05) is 36.4 Å². The van der Waals surface area contributed by atoms with Gasteiger partial charge >= 0.3 is 12.1 Å². The van der Waals surface area contributed by atoms with Gasteiger partial charge in [0.2, 0.25) is 0 Å². The molecule has 1 atom stereocenters. The molecule has 0 radical (unpaired) electrons. The maximum Gasteiger partial charge on any atom is 0.407 e. The van der Waals surface area contributed by atoms with Crippen LogP contribution in [0.5, 0.6) is 0 Å². The van der Waals surface area contributed by atoms with Crippen LogP contribution in [0.3, 0.4) is 0 Å². The SMILES string of the molecule is Cc1sc(CNC(=O)OCC2c3ccccc3-c3ccccc32)nc1C(=O)NCC(O)CC(=O)O. The lowest BCUT2D eigenvalue weighted by atomic mass is 9.98. The highest BCUT2D eigenvalue weighted by atomic mass is 32.1. The number of nitrogens with zero attached hydrogens (tertiary/aromatic N) is 1. The van der Waals surface area contributed by atoms with E-state index in [9.17, 15) is 19.5 Å². The van der Waals surface area contributed by atoms with Crippen LogP contribution in [-0.2, 0) is 16.1 Å². The number of fused-ring (bicyclic) bond motifs is 3. The number of carboxylic acid groups (broad SMARTS) is 1. The number of amides is 2. The Morgan fingerprint density at radius 2 is 1.69 bits per heavy atom. The number of aromatic nitrogens is 1. The number of alkyl carbamates (subject to hydrolysis) is 1. The van der Waals surface area contributed by atoms with Gasteiger partial charge in [0.1, 0.15) is 17.3 Å². The van der Waals surface area contributed by atoms with E-state index in [0.717, 1.165) is 22.3 Å². The summed E-state index contributed by atoms with van der Waals surface area (Å²) in [5.74, 6) is -1.71. The number of rotatable bonds is 9. The highest BCUT2D eigenvalue weighted by Crippen LogP contribution is 2.44. The van der Waals surface area contributed by atoms with Crippen molar-refractivity contribution in [3.05, 3.63) is 75.2 Å². The lowest BCUT2D eigenvalue weighted by molar-refractivity contribution is -0.139. The predicted octanol–water partition coefficient (Wildman–Crippen LogP) is 3.06. The Hall–Kier alpha value is -3.76. The van der Waals surface area contributed by atoms with Crippen molar-refractivity contribution in [2.75, 3.05) is 13.2 Å². The molecule has 3 aromatic rings. The molecule has 0 aliphatic heterocycles. The van der Waals surface area contributed by atoms with Gasteiger partial charge in [0.15, 0.2) is 0 Å². The lowest BCUT2D eigenvalue weighted by Gasteiger charge is -2.14. The largest absolute Gasteiger partial charge is 0.481 e. The van der Waals surface area contributed by atoms with Crippen molar-refractivity contribution in [3.8, 4) is 11.1 Å². The molecule has 1 unspecified atom stereocenters. The molecule has 2 aromatic carbocycles. The summed E-state index contributed by atoms with van der Waals surface area (Å²) in [5, 5.41) is 23.9. The standard InChI is InChI=1S/C25H25N3O6S/c1-14-23(24(32)26-11-15(29)10-22(30)31)28-21(35-14)12-27-25(33)34-13-20-18-8-4-2-6-16(18)17-7-3-5-9-19(17)20/h2-9,15,20,29H,10-13H2,1H3,(H,26,32)(H,27,33)(H,30,31). The molecule has 35 heavy (non-hydrogen) atoms. The van der Waals surface area contributed by atoms with Crippen LogP contribution in [0.15, 0.2) is 48.5 Å². The van der Waals surface area contributed by atoms with E-state index in [1.54, 1.807) is 6.92 Å². The number of hydrogen-bond acceptors (Lipinski definition) is 7. The smallest absolute Gasteiger partial charge is 0.407 e. The van der Waals surface area contributed by atoms with Crippen LogP contribution in [0.4, 0.5) is 4.79 Å². The van der Waals surface area contributed by atoms with Gasteiger partial charge < -0.3 is 25.6 Å². The summed E-state index contributed by atoms with van der Waals surface area (Å²) in [6.07, 6.45) is -2.24. The first-order chi connectivity index (χ1) is 16.8. The van der Waals surface area contributed by atoms with Crippen molar-refractivity contribution in [1.82, 2.24) is 15.6 Å². The van der Waals surface area contributed by atoms with Crippen LogP contribution >= 0.6 is 11.3 Å². The first-order valence-electron chi connectivity index (χ1n) is 11.1. The molecule has 1 aromatic heterocycles. The van der Waals surface area contributed by atoms with E-state index in [1.165, 1.54) is 11.3 Å². The van der Waals surface area contributed by atoms with Crippen molar-refractivity contribution < 1.29 is 29.3 Å². The molecular weight excluding hydrogens is 470 g/mol. The zero-order valence-corrected chi connectivity index (χ0v) is 19.8. The van der Waals surface area contributed by atoms with Crippen LogP contribution in [0, 0.1) is 6.92 Å². The summed E-state index contributed by atoms with van der Waals surface area (Å²) in [6.45, 7) is 1.81. The van der Waals surface area contributed by atoms with Gasteiger partial charge in [0.05, 0.1) is 19.1 Å². The van der Waals surface area contributed by atoms with E-state index < -0.39 is 30.5 Å². The summed E-state index contributed by atoms with van der Waals surface area (Å²) in [4.78, 5) is 40.2. The molecule has 4 N–H and O–H groups in total. The number of aliphatic carboxylic acids is 1. The average Bonchev–Trinajstić information content (AvgIpc) is 3.37. The molecule has 182 valence electrons. The zero-order chi connectivity index (χ0) is 24.9. The molecular formula is C25H25N3O6S. The quantitative estimate of drug-likeness (QED) is 0.358. The molecule has 0 bridgehead atoms. The molecule has 0 saturated heterocycles. The number of aliphatic hydroxyl groups is 1. The van der Waals surface area contributed by atoms with Crippen LogP contribution < -0.4 is 10.6 Å².